The minimum Gasteiger partial charge on any atom is -0.383 e. The molecule has 0 saturated heterocycles. The van der Waals surface area contributed by atoms with E-state index in [9.17, 15) is 5.11 Å². The smallest absolute Gasteiger partial charge is 0.111 e. The van der Waals surface area contributed by atoms with Crippen molar-refractivity contribution in [2.75, 3.05) is 0 Å². The minimum absolute atomic E-state index is 0.226. The Morgan fingerprint density at radius 3 is 1.14 bits per heavy atom. The van der Waals surface area contributed by atoms with Gasteiger partial charge < -0.3 is 5.11 Å². The molecular formula is C35H26O. The van der Waals surface area contributed by atoms with Crippen molar-refractivity contribution in [1.82, 2.24) is 0 Å². The Morgan fingerprint density at radius 1 is 0.389 bits per heavy atom. The van der Waals surface area contributed by atoms with Crippen LogP contribution in [0.2, 0.25) is 0 Å². The van der Waals surface area contributed by atoms with Crippen LogP contribution in [0.4, 0.5) is 0 Å². The van der Waals surface area contributed by atoms with E-state index in [1.807, 2.05) is 30.3 Å². The van der Waals surface area contributed by atoms with E-state index in [-0.39, 0.29) is 11.8 Å². The Hall–Kier alpha value is -4.20. The van der Waals surface area contributed by atoms with E-state index in [1.165, 1.54) is 32.7 Å². The Morgan fingerprint density at radius 2 is 0.722 bits per heavy atom. The molecule has 0 fully saturated rings. The molecule has 0 bridgehead atoms. The van der Waals surface area contributed by atoms with Gasteiger partial charge in [-0.3, -0.25) is 0 Å². The third-order valence-corrected chi connectivity index (χ3v) is 7.97. The highest BCUT2D eigenvalue weighted by atomic mass is 16.3. The summed E-state index contributed by atoms with van der Waals surface area (Å²) in [6.07, 6.45) is 0. The largest absolute Gasteiger partial charge is 0.383 e. The van der Waals surface area contributed by atoms with Gasteiger partial charge in [-0.15, -0.1) is 0 Å². The molecule has 0 heterocycles. The fourth-order valence-electron chi connectivity index (χ4n) is 6.60. The molecule has 0 saturated carbocycles. The van der Waals surface area contributed by atoms with Gasteiger partial charge in [0.05, 0.1) is 0 Å². The predicted octanol–water partition coefficient (Wildman–Crippen LogP) is 8.16. The highest BCUT2D eigenvalue weighted by Gasteiger charge is 2.55. The summed E-state index contributed by atoms with van der Waals surface area (Å²) in [7, 11) is 0. The van der Waals surface area contributed by atoms with Crippen LogP contribution in [0.3, 0.4) is 0 Å². The lowest BCUT2D eigenvalue weighted by molar-refractivity contribution is 0.0155. The highest BCUT2D eigenvalue weighted by Crippen LogP contribution is 2.62. The van der Waals surface area contributed by atoms with Crippen molar-refractivity contribution in [2.24, 2.45) is 0 Å². The number of fused-ring (bicyclic) bond motifs is 6. The van der Waals surface area contributed by atoms with Crippen LogP contribution in [0.1, 0.15) is 39.7 Å². The van der Waals surface area contributed by atoms with E-state index in [0.29, 0.717) is 0 Å². The Kier molecular flexibility index (Phi) is 4.80. The Bertz CT molecular complexity index is 1580. The molecular weight excluding hydrogens is 436 g/mol. The molecule has 1 heteroatoms. The van der Waals surface area contributed by atoms with Gasteiger partial charge in [-0.1, -0.05) is 140 Å². The number of benzene rings is 6. The zero-order chi connectivity index (χ0) is 24.1. The topological polar surface area (TPSA) is 20.2 Å². The molecule has 1 aliphatic carbocycles. The number of hydrogen-bond acceptors (Lipinski definition) is 1. The number of hydrogen-bond donors (Lipinski definition) is 1. The van der Waals surface area contributed by atoms with E-state index in [0.717, 1.165) is 16.7 Å². The summed E-state index contributed by atoms with van der Waals surface area (Å²) >= 11 is 0. The van der Waals surface area contributed by atoms with E-state index in [2.05, 4.69) is 109 Å². The third-order valence-electron chi connectivity index (χ3n) is 7.97. The van der Waals surface area contributed by atoms with Gasteiger partial charge in [-0.25, -0.2) is 0 Å². The SMILES string of the molecule is OC1(c2ccccc2)[C@H](c2ccccc2)c2c(c3ccccc3c3ccccc23)[C@@H]1c1ccccc1. The number of rotatable bonds is 3. The van der Waals surface area contributed by atoms with Gasteiger partial charge in [0.25, 0.3) is 0 Å². The first kappa shape index (κ1) is 21.1. The van der Waals surface area contributed by atoms with Crippen LogP contribution in [0.15, 0.2) is 140 Å². The molecule has 3 atom stereocenters. The maximum Gasteiger partial charge on any atom is 0.111 e. The van der Waals surface area contributed by atoms with Gasteiger partial charge >= 0.3 is 0 Å². The van der Waals surface area contributed by atoms with Gasteiger partial charge in [0.15, 0.2) is 0 Å². The van der Waals surface area contributed by atoms with E-state index >= 15 is 0 Å². The third kappa shape index (κ3) is 2.93. The van der Waals surface area contributed by atoms with E-state index in [1.54, 1.807) is 0 Å². The van der Waals surface area contributed by atoms with Gasteiger partial charge in [-0.05, 0) is 49.4 Å². The first-order valence-corrected chi connectivity index (χ1v) is 12.6. The summed E-state index contributed by atoms with van der Waals surface area (Å²) in [6.45, 7) is 0. The molecule has 0 aromatic heterocycles. The molecule has 1 N–H and O–H groups in total. The van der Waals surface area contributed by atoms with Crippen molar-refractivity contribution in [3.63, 3.8) is 0 Å². The van der Waals surface area contributed by atoms with Crippen molar-refractivity contribution in [1.29, 1.82) is 0 Å². The van der Waals surface area contributed by atoms with Crippen LogP contribution in [-0.2, 0) is 5.60 Å². The Labute approximate surface area is 211 Å². The van der Waals surface area contributed by atoms with Gasteiger partial charge in [0, 0.05) is 11.8 Å². The summed E-state index contributed by atoms with van der Waals surface area (Å²) < 4.78 is 0. The fraction of sp³-hybridized carbons (Fsp3) is 0.0857. The summed E-state index contributed by atoms with van der Waals surface area (Å²) in [4.78, 5) is 0. The van der Waals surface area contributed by atoms with Crippen LogP contribution >= 0.6 is 0 Å². The highest BCUT2D eigenvalue weighted by molar-refractivity contribution is 6.12. The van der Waals surface area contributed by atoms with E-state index < -0.39 is 5.60 Å². The molecule has 0 spiro atoms. The zero-order valence-electron chi connectivity index (χ0n) is 19.9. The van der Waals surface area contributed by atoms with Crippen LogP contribution in [0.5, 0.6) is 0 Å². The standard InChI is InChI=1S/C35H26O/c36-35(26-18-8-3-9-19-26)33(24-14-4-1-5-15-24)31-29-22-12-10-20-27(29)28-21-11-13-23-30(28)32(31)34(35)25-16-6-2-7-17-25/h1-23,33-34,36H/t33-,34+,35?. The first-order valence-electron chi connectivity index (χ1n) is 12.6. The second kappa shape index (κ2) is 8.19. The summed E-state index contributed by atoms with van der Waals surface area (Å²) in [5.41, 5.74) is 4.50. The van der Waals surface area contributed by atoms with Gasteiger partial charge in [0.1, 0.15) is 5.60 Å². The summed E-state index contributed by atoms with van der Waals surface area (Å²) in [5.74, 6) is -0.452. The lowest BCUT2D eigenvalue weighted by atomic mass is 9.71. The molecule has 0 aliphatic heterocycles. The maximum absolute atomic E-state index is 13.2. The summed E-state index contributed by atoms with van der Waals surface area (Å²) in [6, 6.07) is 48.7. The molecule has 1 unspecified atom stereocenters. The normalized spacial score (nSPS) is 21.0. The van der Waals surface area contributed by atoms with Crippen molar-refractivity contribution in [3.05, 3.63) is 167 Å². The van der Waals surface area contributed by atoms with Crippen LogP contribution < -0.4 is 0 Å². The van der Waals surface area contributed by atoms with Crippen LogP contribution in [0.25, 0.3) is 21.5 Å². The molecule has 7 rings (SSSR count). The van der Waals surface area contributed by atoms with Crippen LogP contribution in [0, 0.1) is 0 Å². The number of aliphatic hydroxyl groups is 1. The molecule has 172 valence electrons. The first-order chi connectivity index (χ1) is 17.8. The van der Waals surface area contributed by atoms with Crippen LogP contribution in [-0.4, -0.2) is 5.11 Å². The van der Waals surface area contributed by atoms with E-state index in [4.69, 9.17) is 0 Å². The van der Waals surface area contributed by atoms with Gasteiger partial charge in [0.2, 0.25) is 0 Å². The fourth-order valence-corrected chi connectivity index (χ4v) is 6.60. The lowest BCUT2D eigenvalue weighted by Crippen LogP contribution is -2.35. The monoisotopic (exact) mass is 462 g/mol. The molecule has 1 aliphatic rings. The molecule has 6 aromatic rings. The molecule has 6 aromatic carbocycles. The maximum atomic E-state index is 13.2. The Balaban J connectivity index is 1.71. The zero-order valence-corrected chi connectivity index (χ0v) is 19.9. The molecule has 1 nitrogen and oxygen atoms in total. The lowest BCUT2D eigenvalue weighted by Gasteiger charge is -2.37. The van der Waals surface area contributed by atoms with Crippen molar-refractivity contribution < 1.29 is 5.11 Å². The van der Waals surface area contributed by atoms with Crippen molar-refractivity contribution >= 4 is 21.5 Å². The predicted molar refractivity (Wildman–Crippen MR) is 148 cm³/mol. The molecule has 36 heavy (non-hydrogen) atoms. The molecule has 0 amide bonds. The van der Waals surface area contributed by atoms with Gasteiger partial charge in [-0.2, -0.15) is 0 Å². The molecule has 0 radical (unpaired) electrons. The summed E-state index contributed by atoms with van der Waals surface area (Å²) in [5, 5.41) is 18.1. The van der Waals surface area contributed by atoms with Crippen molar-refractivity contribution in [2.45, 2.75) is 17.4 Å². The quantitative estimate of drug-likeness (QED) is 0.263. The average Bonchev–Trinajstić information content (AvgIpc) is 3.25. The average molecular weight is 463 g/mol. The second-order valence-electron chi connectivity index (χ2n) is 9.80. The minimum atomic E-state index is -1.17. The van der Waals surface area contributed by atoms with Crippen molar-refractivity contribution in [3.8, 4) is 0 Å². The second-order valence-corrected chi connectivity index (χ2v) is 9.80.